The van der Waals surface area contributed by atoms with E-state index in [2.05, 4.69) is 0 Å². The number of hydrogen-bond donors (Lipinski definition) is 2. The van der Waals surface area contributed by atoms with Gasteiger partial charge < -0.3 is 4.90 Å². The van der Waals surface area contributed by atoms with Crippen molar-refractivity contribution < 1.29 is 32.4 Å². The second-order valence-corrected chi connectivity index (χ2v) is 8.07. The summed E-state index contributed by atoms with van der Waals surface area (Å²) in [6.07, 6.45) is -1.66. The summed E-state index contributed by atoms with van der Waals surface area (Å²) in [5.74, 6) is -1.93. The van der Waals surface area contributed by atoms with Gasteiger partial charge in [0.05, 0.1) is 5.56 Å². The lowest BCUT2D eigenvalue weighted by atomic mass is 9.81. The molecule has 0 heterocycles. The molecular formula is C23H24F4N2O3. The Hall–Kier alpha value is -2.94. The minimum Gasteiger partial charge on any atom is -0.339 e. The summed E-state index contributed by atoms with van der Waals surface area (Å²) < 4.78 is 52.1. The molecule has 0 fully saturated rings. The maximum Gasteiger partial charge on any atom is 0.419 e. The second-order valence-electron chi connectivity index (χ2n) is 8.07. The van der Waals surface area contributed by atoms with E-state index in [0.717, 1.165) is 30.0 Å². The van der Waals surface area contributed by atoms with E-state index in [9.17, 15) is 27.2 Å². The molecule has 2 N–H and O–H groups in total. The van der Waals surface area contributed by atoms with Crippen molar-refractivity contribution in [2.75, 3.05) is 6.54 Å². The first kappa shape index (κ1) is 23.7. The lowest BCUT2D eigenvalue weighted by Crippen LogP contribution is -2.31. The number of halogens is 4. The normalized spacial score (nSPS) is 15.8. The number of amides is 2. The van der Waals surface area contributed by atoms with E-state index in [1.54, 1.807) is 17.6 Å². The van der Waals surface area contributed by atoms with Gasteiger partial charge in [-0.15, -0.1) is 0 Å². The predicted octanol–water partition coefficient (Wildman–Crippen LogP) is 4.51. The third kappa shape index (κ3) is 5.64. The van der Waals surface area contributed by atoms with Crippen molar-refractivity contribution in [2.45, 2.75) is 45.3 Å². The Morgan fingerprint density at radius 3 is 2.53 bits per heavy atom. The molecule has 1 aliphatic carbocycles. The van der Waals surface area contributed by atoms with Crippen LogP contribution >= 0.6 is 0 Å². The van der Waals surface area contributed by atoms with Crippen molar-refractivity contribution in [3.8, 4) is 0 Å². The van der Waals surface area contributed by atoms with Crippen LogP contribution in [0.3, 0.4) is 0 Å². The quantitative estimate of drug-likeness (QED) is 0.385. The molecule has 3 rings (SSSR count). The Kier molecular flexibility index (Phi) is 7.18. The summed E-state index contributed by atoms with van der Waals surface area (Å²) in [5, 5.41) is 8.82. The molecule has 0 bridgehead atoms. The van der Waals surface area contributed by atoms with E-state index in [0.29, 0.717) is 36.6 Å². The van der Waals surface area contributed by atoms with E-state index >= 15 is 0 Å². The van der Waals surface area contributed by atoms with E-state index in [4.69, 9.17) is 5.21 Å². The molecule has 0 aromatic heterocycles. The average molecular weight is 452 g/mol. The standard InChI is InChI=1S/C23H24F4N2O3/c1-14(30)29(13-16-3-7-20(21(24)11-16)23(25,26)27)9-8-15-2-4-17-5-6-18(22(31)28-32)12-19(17)10-15/h3,5-7,11-12,15,32H,2,4,8-10,13H2,1H3,(H,28,31)/t15-/m1/s1. The van der Waals surface area contributed by atoms with Crippen molar-refractivity contribution in [3.05, 3.63) is 70.0 Å². The molecule has 2 amide bonds. The highest BCUT2D eigenvalue weighted by Gasteiger charge is 2.34. The van der Waals surface area contributed by atoms with Crippen molar-refractivity contribution in [2.24, 2.45) is 5.92 Å². The summed E-state index contributed by atoms with van der Waals surface area (Å²) in [4.78, 5) is 25.2. The highest BCUT2D eigenvalue weighted by molar-refractivity contribution is 5.93. The molecule has 32 heavy (non-hydrogen) atoms. The van der Waals surface area contributed by atoms with Gasteiger partial charge in [-0.25, -0.2) is 9.87 Å². The molecule has 172 valence electrons. The molecule has 5 nitrogen and oxygen atoms in total. The molecule has 9 heteroatoms. The Balaban J connectivity index is 1.64. The van der Waals surface area contributed by atoms with Crippen LogP contribution in [0.25, 0.3) is 0 Å². The second kappa shape index (κ2) is 9.68. The molecule has 2 aromatic carbocycles. The zero-order chi connectivity index (χ0) is 23.5. The van der Waals surface area contributed by atoms with Crippen LogP contribution < -0.4 is 5.48 Å². The number of carbonyl (C=O) groups is 2. The van der Waals surface area contributed by atoms with Crippen LogP contribution in [0.1, 0.15) is 52.4 Å². The number of benzene rings is 2. The Labute approximate surface area is 183 Å². The van der Waals surface area contributed by atoms with E-state index in [1.165, 1.54) is 17.9 Å². The van der Waals surface area contributed by atoms with Gasteiger partial charge in [-0.2, -0.15) is 13.2 Å². The Morgan fingerprint density at radius 1 is 1.16 bits per heavy atom. The molecule has 0 spiro atoms. The van der Waals surface area contributed by atoms with E-state index in [1.807, 2.05) is 6.07 Å². The monoisotopic (exact) mass is 452 g/mol. The van der Waals surface area contributed by atoms with Crippen LogP contribution in [0.2, 0.25) is 0 Å². The van der Waals surface area contributed by atoms with Gasteiger partial charge in [0.2, 0.25) is 5.91 Å². The van der Waals surface area contributed by atoms with Crippen LogP contribution in [0.15, 0.2) is 36.4 Å². The summed E-state index contributed by atoms with van der Waals surface area (Å²) in [5.41, 5.74) is 3.10. The number of carbonyl (C=O) groups excluding carboxylic acids is 2. The maximum atomic E-state index is 13.9. The van der Waals surface area contributed by atoms with Gasteiger partial charge >= 0.3 is 6.18 Å². The van der Waals surface area contributed by atoms with Gasteiger partial charge in [0.1, 0.15) is 5.82 Å². The summed E-state index contributed by atoms with van der Waals surface area (Å²) in [6.45, 7) is 1.78. The highest BCUT2D eigenvalue weighted by Crippen LogP contribution is 2.32. The Morgan fingerprint density at radius 2 is 1.91 bits per heavy atom. The van der Waals surface area contributed by atoms with Crippen LogP contribution in [0.4, 0.5) is 17.6 Å². The van der Waals surface area contributed by atoms with Crippen LogP contribution in [0.5, 0.6) is 0 Å². The first-order valence-corrected chi connectivity index (χ1v) is 10.3. The SMILES string of the molecule is CC(=O)N(CC[C@H]1CCc2ccc(C(=O)NO)cc2C1)Cc1ccc(C(F)(F)F)c(F)c1. The fourth-order valence-electron chi connectivity index (χ4n) is 4.08. The molecule has 0 aliphatic heterocycles. The van der Waals surface area contributed by atoms with Crippen molar-refractivity contribution in [3.63, 3.8) is 0 Å². The number of hydroxylamine groups is 1. The first-order chi connectivity index (χ1) is 15.1. The summed E-state index contributed by atoms with van der Waals surface area (Å²) >= 11 is 0. The van der Waals surface area contributed by atoms with Gasteiger partial charge in [0, 0.05) is 25.6 Å². The fourth-order valence-corrected chi connectivity index (χ4v) is 4.08. The number of rotatable bonds is 6. The van der Waals surface area contributed by atoms with Gasteiger partial charge in [-0.1, -0.05) is 12.1 Å². The molecule has 2 aromatic rings. The van der Waals surface area contributed by atoms with Gasteiger partial charge in [-0.3, -0.25) is 14.8 Å². The lowest BCUT2D eigenvalue weighted by Gasteiger charge is -2.28. The van der Waals surface area contributed by atoms with E-state index in [-0.39, 0.29) is 18.4 Å². The topological polar surface area (TPSA) is 69.6 Å². The first-order valence-electron chi connectivity index (χ1n) is 10.3. The van der Waals surface area contributed by atoms with Crippen molar-refractivity contribution in [1.29, 1.82) is 0 Å². The number of fused-ring (bicyclic) bond motifs is 1. The lowest BCUT2D eigenvalue weighted by molar-refractivity contribution is -0.140. The van der Waals surface area contributed by atoms with Crippen LogP contribution in [0, 0.1) is 11.7 Å². The van der Waals surface area contributed by atoms with Crippen LogP contribution in [-0.4, -0.2) is 28.5 Å². The van der Waals surface area contributed by atoms with Gasteiger partial charge in [0.25, 0.3) is 5.91 Å². The highest BCUT2D eigenvalue weighted by atomic mass is 19.4. The third-order valence-corrected chi connectivity index (χ3v) is 5.87. The molecule has 0 saturated carbocycles. The zero-order valence-corrected chi connectivity index (χ0v) is 17.5. The van der Waals surface area contributed by atoms with Gasteiger partial charge in [0.15, 0.2) is 0 Å². The number of alkyl halides is 3. The molecule has 0 unspecified atom stereocenters. The molecular weight excluding hydrogens is 428 g/mol. The number of hydrogen-bond acceptors (Lipinski definition) is 3. The zero-order valence-electron chi connectivity index (χ0n) is 17.5. The smallest absolute Gasteiger partial charge is 0.339 e. The number of nitrogens with zero attached hydrogens (tertiary/aromatic N) is 1. The molecule has 0 radical (unpaired) electrons. The Bertz CT molecular complexity index is 1010. The minimum absolute atomic E-state index is 0.0223. The minimum atomic E-state index is -4.77. The third-order valence-electron chi connectivity index (χ3n) is 5.87. The van der Waals surface area contributed by atoms with Crippen LogP contribution in [-0.2, 0) is 30.4 Å². The fraction of sp³-hybridized carbons (Fsp3) is 0.391. The van der Waals surface area contributed by atoms with Gasteiger partial charge in [-0.05, 0) is 72.6 Å². The largest absolute Gasteiger partial charge is 0.419 e. The average Bonchev–Trinajstić information content (AvgIpc) is 2.74. The van der Waals surface area contributed by atoms with E-state index < -0.39 is 23.5 Å². The molecule has 1 aliphatic rings. The number of aryl methyl sites for hydroxylation is 1. The molecule has 1 atom stereocenters. The van der Waals surface area contributed by atoms with Crippen molar-refractivity contribution >= 4 is 11.8 Å². The predicted molar refractivity (Wildman–Crippen MR) is 108 cm³/mol. The molecule has 0 saturated heterocycles. The number of nitrogens with one attached hydrogen (secondary N) is 1. The van der Waals surface area contributed by atoms with Crippen molar-refractivity contribution in [1.82, 2.24) is 10.4 Å². The maximum absolute atomic E-state index is 13.9. The summed E-state index contributed by atoms with van der Waals surface area (Å²) in [7, 11) is 0. The summed E-state index contributed by atoms with van der Waals surface area (Å²) in [6, 6.07) is 7.99.